The van der Waals surface area contributed by atoms with Gasteiger partial charge in [-0.3, -0.25) is 4.90 Å². The van der Waals surface area contributed by atoms with Gasteiger partial charge in [0.1, 0.15) is 11.6 Å². The summed E-state index contributed by atoms with van der Waals surface area (Å²) in [5.74, 6) is -1.31. The molecule has 0 aromatic carbocycles. The number of likely N-dealkylation sites (tertiary alicyclic amines) is 1. The maximum Gasteiger partial charge on any atom is 0.411 e. The number of nitrogens with zero attached hydrogens (tertiary/aromatic N) is 1. The van der Waals surface area contributed by atoms with Crippen LogP contribution in [-0.2, 0) is 9.53 Å². The van der Waals surface area contributed by atoms with E-state index < -0.39 is 35.7 Å². The number of aliphatic hydroxyl groups is 1. The molecule has 1 fully saturated rings. The molecule has 6 nitrogen and oxygen atoms in total. The predicted molar refractivity (Wildman–Crippen MR) is 73.3 cm³/mol. The molecule has 6 heteroatoms. The standard InChI is InChI=1S/C14H25NO5/c1-8(2)6-9-10(16)7-15(11(9)12(17)18)13(19)20-14(3,4)5/h8-11,16H,6-7H2,1-5H3,(H,17,18)/t9-,10+,11+/m1/s1. The molecule has 1 rings (SSSR count). The molecule has 0 aromatic rings. The Kier molecular flexibility index (Phi) is 5.02. The number of aliphatic hydroxyl groups excluding tert-OH is 1. The highest BCUT2D eigenvalue weighted by molar-refractivity contribution is 5.81. The molecule has 0 unspecified atom stereocenters. The summed E-state index contributed by atoms with van der Waals surface area (Å²) in [7, 11) is 0. The van der Waals surface area contributed by atoms with Crippen molar-refractivity contribution in [2.45, 2.75) is 58.8 Å². The summed E-state index contributed by atoms with van der Waals surface area (Å²) in [5.41, 5.74) is -0.693. The lowest BCUT2D eigenvalue weighted by Crippen LogP contribution is -2.45. The van der Waals surface area contributed by atoms with Crippen molar-refractivity contribution in [2.75, 3.05) is 6.54 Å². The van der Waals surface area contributed by atoms with Crippen molar-refractivity contribution >= 4 is 12.1 Å². The number of aliphatic carboxylic acids is 1. The maximum atomic E-state index is 12.1. The minimum atomic E-state index is -1.10. The zero-order chi connectivity index (χ0) is 15.7. The van der Waals surface area contributed by atoms with Gasteiger partial charge in [-0.15, -0.1) is 0 Å². The molecule has 0 radical (unpaired) electrons. The minimum Gasteiger partial charge on any atom is -0.480 e. The molecule has 20 heavy (non-hydrogen) atoms. The number of hydrogen-bond acceptors (Lipinski definition) is 4. The molecule has 1 heterocycles. The van der Waals surface area contributed by atoms with Crippen LogP contribution in [0.25, 0.3) is 0 Å². The van der Waals surface area contributed by atoms with Crippen LogP contribution in [0.1, 0.15) is 41.0 Å². The van der Waals surface area contributed by atoms with Gasteiger partial charge in [0.2, 0.25) is 0 Å². The van der Waals surface area contributed by atoms with Gasteiger partial charge in [-0.05, 0) is 33.1 Å². The fraction of sp³-hybridized carbons (Fsp3) is 0.857. The Morgan fingerprint density at radius 1 is 1.35 bits per heavy atom. The molecule has 116 valence electrons. The third kappa shape index (κ3) is 4.10. The second-order valence-electron chi connectivity index (χ2n) is 6.78. The van der Waals surface area contributed by atoms with E-state index in [-0.39, 0.29) is 12.5 Å². The monoisotopic (exact) mass is 287 g/mol. The number of β-amino-alcohol motifs (C(OH)–C–C–N with tert-alkyl or cyclic N) is 1. The summed E-state index contributed by atoms with van der Waals surface area (Å²) in [5, 5.41) is 19.4. The van der Waals surface area contributed by atoms with Crippen LogP contribution in [0.2, 0.25) is 0 Å². The smallest absolute Gasteiger partial charge is 0.411 e. The Bertz CT molecular complexity index is 374. The van der Waals surface area contributed by atoms with Crippen LogP contribution in [0.15, 0.2) is 0 Å². The van der Waals surface area contributed by atoms with Crippen molar-refractivity contribution in [1.29, 1.82) is 0 Å². The van der Waals surface area contributed by atoms with E-state index in [2.05, 4.69) is 0 Å². The van der Waals surface area contributed by atoms with Gasteiger partial charge in [0.05, 0.1) is 12.6 Å². The van der Waals surface area contributed by atoms with Crippen LogP contribution in [0, 0.1) is 11.8 Å². The van der Waals surface area contributed by atoms with Crippen molar-refractivity contribution in [3.8, 4) is 0 Å². The normalized spacial score (nSPS) is 26.9. The van der Waals surface area contributed by atoms with Gasteiger partial charge < -0.3 is 14.9 Å². The first-order valence-corrected chi connectivity index (χ1v) is 6.93. The van der Waals surface area contributed by atoms with Crippen LogP contribution < -0.4 is 0 Å². The van der Waals surface area contributed by atoms with Gasteiger partial charge in [-0.1, -0.05) is 13.8 Å². The highest BCUT2D eigenvalue weighted by atomic mass is 16.6. The van der Waals surface area contributed by atoms with Crippen molar-refractivity contribution < 1.29 is 24.5 Å². The molecule has 0 aromatic heterocycles. The Balaban J connectivity index is 2.91. The molecular weight excluding hydrogens is 262 g/mol. The molecule has 0 spiro atoms. The summed E-state index contributed by atoms with van der Waals surface area (Å²) in [4.78, 5) is 24.7. The number of carboxylic acids is 1. The van der Waals surface area contributed by atoms with Crippen molar-refractivity contribution in [3.05, 3.63) is 0 Å². The van der Waals surface area contributed by atoms with Crippen LogP contribution in [-0.4, -0.2) is 51.5 Å². The van der Waals surface area contributed by atoms with Gasteiger partial charge in [0.15, 0.2) is 0 Å². The SMILES string of the molecule is CC(C)C[C@H]1[C@@H](C(=O)O)N(C(=O)OC(C)(C)C)C[C@@H]1O. The number of rotatable bonds is 3. The van der Waals surface area contributed by atoms with E-state index in [1.807, 2.05) is 13.8 Å². The van der Waals surface area contributed by atoms with Gasteiger partial charge >= 0.3 is 12.1 Å². The highest BCUT2D eigenvalue weighted by Crippen LogP contribution is 2.31. The highest BCUT2D eigenvalue weighted by Gasteiger charge is 2.48. The van der Waals surface area contributed by atoms with Crippen molar-refractivity contribution in [1.82, 2.24) is 4.90 Å². The molecule has 2 N–H and O–H groups in total. The van der Waals surface area contributed by atoms with Gasteiger partial charge in [0.25, 0.3) is 0 Å². The molecule has 0 aliphatic carbocycles. The van der Waals surface area contributed by atoms with Gasteiger partial charge in [-0.2, -0.15) is 0 Å². The summed E-state index contributed by atoms with van der Waals surface area (Å²) in [6, 6.07) is -1.03. The fourth-order valence-electron chi connectivity index (χ4n) is 2.55. The van der Waals surface area contributed by atoms with Crippen LogP contribution >= 0.6 is 0 Å². The second-order valence-corrected chi connectivity index (χ2v) is 6.78. The molecule has 1 saturated heterocycles. The largest absolute Gasteiger partial charge is 0.480 e. The molecule has 0 saturated carbocycles. The zero-order valence-electron chi connectivity index (χ0n) is 12.8. The minimum absolute atomic E-state index is 0.00324. The molecular formula is C14H25NO5. The number of carbonyl (C=O) groups is 2. The van der Waals surface area contributed by atoms with E-state index in [0.717, 1.165) is 4.90 Å². The molecule has 1 aliphatic rings. The second kappa shape index (κ2) is 5.99. The van der Waals surface area contributed by atoms with Crippen molar-refractivity contribution in [3.63, 3.8) is 0 Å². The number of ether oxygens (including phenoxy) is 1. The molecule has 0 bridgehead atoms. The zero-order valence-corrected chi connectivity index (χ0v) is 12.8. The predicted octanol–water partition coefficient (Wildman–Crippen LogP) is 1.71. The van der Waals surface area contributed by atoms with E-state index in [9.17, 15) is 19.8 Å². The van der Waals surface area contributed by atoms with E-state index in [4.69, 9.17) is 4.74 Å². The van der Waals surface area contributed by atoms with Crippen LogP contribution in [0.5, 0.6) is 0 Å². The van der Waals surface area contributed by atoms with E-state index in [0.29, 0.717) is 6.42 Å². The van der Waals surface area contributed by atoms with E-state index >= 15 is 0 Å². The summed E-state index contributed by atoms with van der Waals surface area (Å²) >= 11 is 0. The average molecular weight is 287 g/mol. The lowest BCUT2D eigenvalue weighted by Gasteiger charge is -2.28. The summed E-state index contributed by atoms with van der Waals surface area (Å²) < 4.78 is 5.22. The number of carbonyl (C=O) groups excluding carboxylic acids is 1. The van der Waals surface area contributed by atoms with Crippen LogP contribution in [0.3, 0.4) is 0 Å². The topological polar surface area (TPSA) is 87.1 Å². The Morgan fingerprint density at radius 2 is 1.90 bits per heavy atom. The van der Waals surface area contributed by atoms with E-state index in [1.165, 1.54) is 0 Å². The number of hydrogen-bond donors (Lipinski definition) is 2. The first-order valence-electron chi connectivity index (χ1n) is 6.93. The molecule has 1 aliphatic heterocycles. The maximum absolute atomic E-state index is 12.1. The Morgan fingerprint density at radius 3 is 2.30 bits per heavy atom. The summed E-state index contributed by atoms with van der Waals surface area (Å²) in [6.45, 7) is 9.09. The Hall–Kier alpha value is -1.30. The lowest BCUT2D eigenvalue weighted by molar-refractivity contribution is -0.143. The number of amides is 1. The van der Waals surface area contributed by atoms with Crippen LogP contribution in [0.4, 0.5) is 4.79 Å². The summed E-state index contributed by atoms with van der Waals surface area (Å²) in [6.07, 6.45) is -0.960. The first-order chi connectivity index (χ1) is 9.03. The first kappa shape index (κ1) is 16.8. The molecule has 1 amide bonds. The average Bonchev–Trinajstić information content (AvgIpc) is 2.53. The third-order valence-corrected chi connectivity index (χ3v) is 3.24. The van der Waals surface area contributed by atoms with Gasteiger partial charge in [-0.25, -0.2) is 9.59 Å². The lowest BCUT2D eigenvalue weighted by atomic mass is 9.89. The third-order valence-electron chi connectivity index (χ3n) is 3.24. The molecule has 3 atom stereocenters. The van der Waals surface area contributed by atoms with E-state index in [1.54, 1.807) is 20.8 Å². The van der Waals surface area contributed by atoms with Crippen molar-refractivity contribution in [2.24, 2.45) is 11.8 Å². The fourth-order valence-corrected chi connectivity index (χ4v) is 2.55. The van der Waals surface area contributed by atoms with Gasteiger partial charge in [0, 0.05) is 5.92 Å². The number of carboxylic acid groups (broad SMARTS) is 1. The Labute approximate surface area is 119 Å². The quantitative estimate of drug-likeness (QED) is 0.825.